The largest absolute Gasteiger partial charge is 0.359 e. The summed E-state index contributed by atoms with van der Waals surface area (Å²) in [5.74, 6) is -0.000254. The summed E-state index contributed by atoms with van der Waals surface area (Å²) in [5, 5.41) is 3.00. The van der Waals surface area contributed by atoms with Crippen LogP contribution in [-0.2, 0) is 11.2 Å². The van der Waals surface area contributed by atoms with Crippen molar-refractivity contribution in [2.24, 2.45) is 0 Å². The van der Waals surface area contributed by atoms with Crippen molar-refractivity contribution in [1.82, 2.24) is 0 Å². The number of hydrogen-bond acceptors (Lipinski definition) is 2. The number of amides is 1. The van der Waals surface area contributed by atoms with E-state index in [-0.39, 0.29) is 11.9 Å². The van der Waals surface area contributed by atoms with Gasteiger partial charge in [-0.3, -0.25) is 4.79 Å². The minimum Gasteiger partial charge on any atom is -0.359 e. The smallest absolute Gasteiger partial charge is 0.246 e. The molecular formula is C17H16Br2N2O. The van der Waals surface area contributed by atoms with E-state index in [4.69, 9.17) is 0 Å². The van der Waals surface area contributed by atoms with Crippen LogP contribution in [-0.4, -0.2) is 18.5 Å². The molecule has 2 aromatic rings. The third-order valence-corrected chi connectivity index (χ3v) is 5.11. The highest BCUT2D eigenvalue weighted by Crippen LogP contribution is 2.30. The van der Waals surface area contributed by atoms with E-state index in [2.05, 4.69) is 54.2 Å². The van der Waals surface area contributed by atoms with Crippen LogP contribution in [0.2, 0.25) is 0 Å². The van der Waals surface area contributed by atoms with Gasteiger partial charge in [-0.05, 0) is 59.1 Å². The van der Waals surface area contributed by atoms with Crippen molar-refractivity contribution in [3.63, 3.8) is 0 Å². The Bertz CT molecular complexity index is 718. The van der Waals surface area contributed by atoms with Crippen molar-refractivity contribution in [1.29, 1.82) is 0 Å². The minimum absolute atomic E-state index is 0.000254. The molecule has 0 fully saturated rings. The molecule has 3 rings (SSSR count). The summed E-state index contributed by atoms with van der Waals surface area (Å²) in [6.45, 7) is 2.83. The van der Waals surface area contributed by atoms with Crippen molar-refractivity contribution in [3.8, 4) is 0 Å². The molecule has 0 aliphatic carbocycles. The molecule has 0 bridgehead atoms. The van der Waals surface area contributed by atoms with Crippen molar-refractivity contribution in [2.45, 2.75) is 19.4 Å². The third-order valence-electron chi connectivity index (χ3n) is 3.96. The summed E-state index contributed by atoms with van der Waals surface area (Å²) in [6.07, 6.45) is 0.996. The second-order valence-electron chi connectivity index (χ2n) is 5.36. The van der Waals surface area contributed by atoms with E-state index in [1.807, 2.05) is 37.3 Å². The number of hydrogen-bond donors (Lipinski definition) is 1. The molecule has 0 aromatic heterocycles. The zero-order chi connectivity index (χ0) is 15.7. The summed E-state index contributed by atoms with van der Waals surface area (Å²) < 4.78 is 1.84. The fraction of sp³-hybridized carbons (Fsp3) is 0.235. The Morgan fingerprint density at radius 2 is 2.00 bits per heavy atom. The number of nitrogens with one attached hydrogen (secondary N) is 1. The molecule has 1 unspecified atom stereocenters. The average molecular weight is 424 g/mol. The van der Waals surface area contributed by atoms with Gasteiger partial charge in [0.25, 0.3) is 0 Å². The molecular weight excluding hydrogens is 408 g/mol. The number of carbonyl (C=O) groups excluding carboxylic acids is 1. The Kier molecular flexibility index (Phi) is 4.54. The molecule has 22 heavy (non-hydrogen) atoms. The van der Waals surface area contributed by atoms with E-state index in [9.17, 15) is 4.79 Å². The lowest BCUT2D eigenvalue weighted by Crippen LogP contribution is -2.41. The topological polar surface area (TPSA) is 32.3 Å². The van der Waals surface area contributed by atoms with Gasteiger partial charge < -0.3 is 10.2 Å². The van der Waals surface area contributed by atoms with E-state index in [1.54, 1.807) is 0 Å². The maximum Gasteiger partial charge on any atom is 0.246 e. The van der Waals surface area contributed by atoms with Crippen LogP contribution >= 0.6 is 31.9 Å². The quantitative estimate of drug-likeness (QED) is 0.782. The van der Waals surface area contributed by atoms with Gasteiger partial charge in [-0.15, -0.1) is 0 Å². The summed E-state index contributed by atoms with van der Waals surface area (Å²) in [4.78, 5) is 14.7. The highest BCUT2D eigenvalue weighted by Gasteiger charge is 2.27. The molecule has 114 valence electrons. The van der Waals surface area contributed by atoms with Crippen molar-refractivity contribution >= 4 is 49.1 Å². The lowest BCUT2D eigenvalue weighted by atomic mass is 10.1. The van der Waals surface area contributed by atoms with Crippen LogP contribution in [0.4, 0.5) is 11.4 Å². The van der Waals surface area contributed by atoms with Crippen LogP contribution < -0.4 is 10.2 Å². The van der Waals surface area contributed by atoms with Gasteiger partial charge >= 0.3 is 0 Å². The zero-order valence-corrected chi connectivity index (χ0v) is 15.3. The molecule has 1 aliphatic heterocycles. The maximum atomic E-state index is 12.6. The molecule has 0 saturated carbocycles. The number of rotatable bonds is 3. The van der Waals surface area contributed by atoms with Crippen molar-refractivity contribution in [3.05, 3.63) is 57.0 Å². The average Bonchev–Trinajstić information content (AvgIpc) is 2.93. The third kappa shape index (κ3) is 3.06. The summed E-state index contributed by atoms with van der Waals surface area (Å²) >= 11 is 6.89. The molecule has 0 spiro atoms. The molecule has 0 saturated heterocycles. The van der Waals surface area contributed by atoms with Crippen LogP contribution in [0.5, 0.6) is 0 Å². The lowest BCUT2D eigenvalue weighted by molar-refractivity contribution is -0.117. The first-order valence-electron chi connectivity index (χ1n) is 7.17. The first-order chi connectivity index (χ1) is 10.6. The maximum absolute atomic E-state index is 12.6. The van der Waals surface area contributed by atoms with E-state index >= 15 is 0 Å². The predicted octanol–water partition coefficient (Wildman–Crippen LogP) is 4.60. The van der Waals surface area contributed by atoms with Gasteiger partial charge in [0.05, 0.1) is 5.69 Å². The Morgan fingerprint density at radius 3 is 2.77 bits per heavy atom. The number of nitrogens with zero attached hydrogens (tertiary/aromatic N) is 1. The molecule has 1 aliphatic rings. The summed E-state index contributed by atoms with van der Waals surface area (Å²) in [7, 11) is 0. The molecule has 1 N–H and O–H groups in total. The van der Waals surface area contributed by atoms with Gasteiger partial charge in [0.2, 0.25) is 5.91 Å². The number of benzene rings is 2. The van der Waals surface area contributed by atoms with Gasteiger partial charge in [-0.1, -0.05) is 34.1 Å². The normalized spacial score (nSPS) is 14.6. The zero-order valence-electron chi connectivity index (χ0n) is 12.1. The molecule has 1 amide bonds. The highest BCUT2D eigenvalue weighted by molar-refractivity contribution is 9.11. The second kappa shape index (κ2) is 6.42. The van der Waals surface area contributed by atoms with E-state index < -0.39 is 0 Å². The van der Waals surface area contributed by atoms with E-state index in [1.165, 1.54) is 11.3 Å². The van der Waals surface area contributed by atoms with Crippen LogP contribution in [0.25, 0.3) is 0 Å². The fourth-order valence-corrected chi connectivity index (χ4v) is 3.88. The van der Waals surface area contributed by atoms with Gasteiger partial charge in [0, 0.05) is 21.2 Å². The van der Waals surface area contributed by atoms with Gasteiger partial charge in [-0.2, -0.15) is 0 Å². The molecule has 2 aromatic carbocycles. The second-order valence-corrected chi connectivity index (χ2v) is 7.13. The van der Waals surface area contributed by atoms with Crippen molar-refractivity contribution < 1.29 is 4.79 Å². The molecule has 5 heteroatoms. The first kappa shape index (κ1) is 15.6. The Hall–Kier alpha value is -1.33. The highest BCUT2D eigenvalue weighted by atomic mass is 79.9. The van der Waals surface area contributed by atoms with Gasteiger partial charge in [-0.25, -0.2) is 0 Å². The number of halogens is 2. The monoisotopic (exact) mass is 422 g/mol. The lowest BCUT2D eigenvalue weighted by Gasteiger charge is -2.26. The van der Waals surface area contributed by atoms with E-state index in [0.29, 0.717) is 0 Å². The number of carbonyl (C=O) groups is 1. The molecule has 1 heterocycles. The first-order valence-corrected chi connectivity index (χ1v) is 8.75. The Balaban J connectivity index is 1.76. The van der Waals surface area contributed by atoms with Gasteiger partial charge in [0.15, 0.2) is 0 Å². The van der Waals surface area contributed by atoms with E-state index in [0.717, 1.165) is 27.6 Å². The summed E-state index contributed by atoms with van der Waals surface area (Å²) in [5.41, 5.74) is 3.26. The minimum atomic E-state index is -0.209. The molecule has 1 atom stereocenters. The summed E-state index contributed by atoms with van der Waals surface area (Å²) in [6, 6.07) is 13.8. The predicted molar refractivity (Wildman–Crippen MR) is 97.4 cm³/mol. The van der Waals surface area contributed by atoms with Crippen LogP contribution in [0.3, 0.4) is 0 Å². The molecule has 0 radical (unpaired) electrons. The number of para-hydroxylation sites is 1. The van der Waals surface area contributed by atoms with Crippen molar-refractivity contribution in [2.75, 3.05) is 16.8 Å². The fourth-order valence-electron chi connectivity index (χ4n) is 2.74. The molecule has 3 nitrogen and oxygen atoms in total. The SMILES string of the molecule is CC(C(=O)Nc1ccc(Br)cc1Br)N1CCc2ccccc21. The standard InChI is InChI=1S/C17H16Br2N2O/c1-11(21-9-8-12-4-2-3-5-16(12)21)17(22)20-15-7-6-13(18)10-14(15)19/h2-7,10-11H,8-9H2,1H3,(H,20,22). The van der Waals surface area contributed by atoms with Crippen LogP contribution in [0, 0.1) is 0 Å². The van der Waals surface area contributed by atoms with Crippen LogP contribution in [0.1, 0.15) is 12.5 Å². The van der Waals surface area contributed by atoms with Gasteiger partial charge in [0.1, 0.15) is 6.04 Å². The number of anilines is 2. The van der Waals surface area contributed by atoms with Crippen LogP contribution in [0.15, 0.2) is 51.4 Å². The Labute approximate surface area is 147 Å². The Morgan fingerprint density at radius 1 is 1.23 bits per heavy atom. The number of fused-ring (bicyclic) bond motifs is 1.